The lowest BCUT2D eigenvalue weighted by Gasteiger charge is -2.00. The first-order chi connectivity index (χ1) is 15.0. The molecule has 0 saturated carbocycles. The number of para-hydroxylation sites is 1. The maximum Gasteiger partial charge on any atom is 0.270 e. The van der Waals surface area contributed by atoms with E-state index in [0.29, 0.717) is 22.7 Å². The van der Waals surface area contributed by atoms with E-state index in [1.807, 2.05) is 36.4 Å². The number of nitriles is 1. The molecule has 4 aromatic rings. The first-order valence-corrected chi connectivity index (χ1v) is 9.11. The fourth-order valence-corrected chi connectivity index (χ4v) is 2.92. The molecule has 4 rings (SSSR count). The van der Waals surface area contributed by atoms with Crippen molar-refractivity contribution in [1.82, 2.24) is 14.8 Å². The van der Waals surface area contributed by atoms with E-state index in [2.05, 4.69) is 20.6 Å². The Morgan fingerprint density at radius 1 is 1.26 bits per heavy atom. The minimum atomic E-state index is -0.456. The molecule has 10 nitrogen and oxygen atoms in total. The van der Waals surface area contributed by atoms with E-state index >= 15 is 0 Å². The second-order valence-electron chi connectivity index (χ2n) is 6.41. The van der Waals surface area contributed by atoms with Crippen molar-refractivity contribution in [3.8, 4) is 23.0 Å². The monoisotopic (exact) mass is 413 g/mol. The molecule has 0 aliphatic rings. The van der Waals surface area contributed by atoms with Gasteiger partial charge in [0.1, 0.15) is 11.8 Å². The first kappa shape index (κ1) is 19.5. The molecular formula is C21H15N7O3. The van der Waals surface area contributed by atoms with Gasteiger partial charge in [-0.25, -0.2) is 15.1 Å². The van der Waals surface area contributed by atoms with Crippen LogP contribution >= 0.6 is 0 Å². The third kappa shape index (κ3) is 4.15. The number of hydrazone groups is 1. The van der Waals surface area contributed by atoms with Crippen LogP contribution in [0.1, 0.15) is 17.1 Å². The summed E-state index contributed by atoms with van der Waals surface area (Å²) < 4.78 is 6.98. The molecule has 0 bridgehead atoms. The summed E-state index contributed by atoms with van der Waals surface area (Å²) in [6, 6.07) is 17.6. The van der Waals surface area contributed by atoms with Gasteiger partial charge in [-0.3, -0.25) is 10.1 Å². The Kier molecular flexibility index (Phi) is 5.23. The molecule has 1 N–H and O–H groups in total. The zero-order valence-corrected chi connectivity index (χ0v) is 16.3. The van der Waals surface area contributed by atoms with E-state index in [0.717, 1.165) is 5.69 Å². The van der Waals surface area contributed by atoms with Gasteiger partial charge in [0.25, 0.3) is 11.6 Å². The van der Waals surface area contributed by atoms with Gasteiger partial charge in [-0.15, -0.1) is 0 Å². The largest absolute Gasteiger partial charge is 0.422 e. The number of nitrogens with one attached hydrogen (secondary N) is 1. The molecular weight excluding hydrogens is 398 g/mol. The average Bonchev–Trinajstić information content (AvgIpc) is 3.37. The van der Waals surface area contributed by atoms with E-state index in [9.17, 15) is 10.1 Å². The number of hydrogen-bond donors (Lipinski definition) is 1. The van der Waals surface area contributed by atoms with Crippen molar-refractivity contribution >= 4 is 17.8 Å². The number of rotatable bonds is 6. The lowest BCUT2D eigenvalue weighted by molar-refractivity contribution is -0.384. The molecule has 0 amide bonds. The summed E-state index contributed by atoms with van der Waals surface area (Å²) in [5, 5.41) is 29.0. The zero-order chi connectivity index (χ0) is 21.8. The summed E-state index contributed by atoms with van der Waals surface area (Å²) in [4.78, 5) is 14.7. The van der Waals surface area contributed by atoms with Crippen LogP contribution in [0.25, 0.3) is 16.9 Å². The van der Waals surface area contributed by atoms with Gasteiger partial charge in [-0.2, -0.15) is 15.5 Å². The third-order valence-electron chi connectivity index (χ3n) is 4.30. The topological polar surface area (TPSA) is 135 Å². The number of nitro groups is 1. The summed E-state index contributed by atoms with van der Waals surface area (Å²) in [5.41, 5.74) is 5.21. The van der Waals surface area contributed by atoms with Crippen LogP contribution in [0.2, 0.25) is 0 Å². The van der Waals surface area contributed by atoms with Gasteiger partial charge >= 0.3 is 0 Å². The molecule has 0 aliphatic carbocycles. The molecule has 10 heteroatoms. The number of aryl methyl sites for hydroxylation is 1. The fourth-order valence-electron chi connectivity index (χ4n) is 2.92. The van der Waals surface area contributed by atoms with Gasteiger partial charge < -0.3 is 4.42 Å². The first-order valence-electron chi connectivity index (χ1n) is 9.11. The van der Waals surface area contributed by atoms with E-state index < -0.39 is 4.92 Å². The summed E-state index contributed by atoms with van der Waals surface area (Å²) in [5.74, 6) is 0.465. The quantitative estimate of drug-likeness (QED) is 0.286. The van der Waals surface area contributed by atoms with E-state index in [4.69, 9.17) is 9.68 Å². The number of benzene rings is 2. The van der Waals surface area contributed by atoms with Gasteiger partial charge in [0.05, 0.1) is 16.8 Å². The number of oxazole rings is 1. The molecule has 0 atom stereocenters. The van der Waals surface area contributed by atoms with Crippen molar-refractivity contribution in [2.45, 2.75) is 6.92 Å². The molecule has 2 aromatic heterocycles. The van der Waals surface area contributed by atoms with Crippen LogP contribution in [0, 0.1) is 28.4 Å². The highest BCUT2D eigenvalue weighted by molar-refractivity contribution is 5.89. The van der Waals surface area contributed by atoms with E-state index in [-0.39, 0.29) is 17.3 Å². The molecule has 152 valence electrons. The number of non-ortho nitro benzene ring substituents is 1. The number of hydrogen-bond acceptors (Lipinski definition) is 8. The lowest BCUT2D eigenvalue weighted by Crippen LogP contribution is -1.94. The summed E-state index contributed by atoms with van der Waals surface area (Å²) in [6.07, 6.45) is 3.26. The van der Waals surface area contributed by atoms with Crippen LogP contribution in [0.5, 0.6) is 0 Å². The third-order valence-corrected chi connectivity index (χ3v) is 4.30. The highest BCUT2D eigenvalue weighted by atomic mass is 16.6. The Labute approximate surface area is 176 Å². The van der Waals surface area contributed by atoms with Crippen LogP contribution in [-0.4, -0.2) is 25.9 Å². The van der Waals surface area contributed by atoms with Crippen LogP contribution in [0.4, 0.5) is 11.6 Å². The molecule has 0 fully saturated rings. The number of aromatic nitrogens is 3. The normalized spacial score (nSPS) is 10.8. The Bertz CT molecular complexity index is 1320. The average molecular weight is 413 g/mol. The molecule has 31 heavy (non-hydrogen) atoms. The predicted octanol–water partition coefficient (Wildman–Crippen LogP) is 4.06. The number of nitrogens with zero attached hydrogens (tertiary/aromatic N) is 6. The van der Waals surface area contributed by atoms with Crippen molar-refractivity contribution in [2.24, 2.45) is 5.10 Å². The smallest absolute Gasteiger partial charge is 0.270 e. The minimum Gasteiger partial charge on any atom is -0.422 e. The Morgan fingerprint density at radius 2 is 2.06 bits per heavy atom. The van der Waals surface area contributed by atoms with Crippen LogP contribution in [0.15, 0.2) is 70.3 Å². The fraction of sp³-hybridized carbons (Fsp3) is 0.0476. The zero-order valence-electron chi connectivity index (χ0n) is 16.3. The summed E-state index contributed by atoms with van der Waals surface area (Å²) in [7, 11) is 0. The Morgan fingerprint density at radius 3 is 2.81 bits per heavy atom. The number of anilines is 1. The minimum absolute atomic E-state index is 0.0384. The van der Waals surface area contributed by atoms with Crippen LogP contribution < -0.4 is 5.43 Å². The summed E-state index contributed by atoms with van der Waals surface area (Å²) in [6.45, 7) is 1.63. The molecule has 2 aromatic carbocycles. The second-order valence-corrected chi connectivity index (χ2v) is 6.41. The molecule has 2 heterocycles. The van der Waals surface area contributed by atoms with Crippen molar-refractivity contribution in [3.05, 3.63) is 88.1 Å². The maximum atomic E-state index is 11.2. The van der Waals surface area contributed by atoms with E-state index in [1.165, 1.54) is 18.3 Å². The highest BCUT2D eigenvalue weighted by Crippen LogP contribution is 2.26. The van der Waals surface area contributed by atoms with Gasteiger partial charge in [-0.05, 0) is 12.1 Å². The van der Waals surface area contributed by atoms with Crippen molar-refractivity contribution in [2.75, 3.05) is 5.43 Å². The molecule has 0 aliphatic heterocycles. The molecule has 0 saturated heterocycles. The number of nitro benzene ring substituents is 1. The lowest BCUT2D eigenvalue weighted by atomic mass is 10.1. The SMILES string of the molecule is Cc1nc(C#N)c(NN=Cc2cn(-c3ccccc3)nc2-c2cccc([N+](=O)[O-])c2)o1. The molecule has 0 unspecified atom stereocenters. The van der Waals surface area contributed by atoms with Crippen LogP contribution in [-0.2, 0) is 0 Å². The van der Waals surface area contributed by atoms with Crippen molar-refractivity contribution < 1.29 is 9.34 Å². The Hall–Kier alpha value is -4.78. The predicted molar refractivity (Wildman–Crippen MR) is 113 cm³/mol. The maximum absolute atomic E-state index is 11.2. The second kappa shape index (κ2) is 8.30. The Balaban J connectivity index is 1.73. The summed E-state index contributed by atoms with van der Waals surface area (Å²) >= 11 is 0. The molecule has 0 radical (unpaired) electrons. The standard InChI is InChI=1S/C21H15N7O3/c1-14-24-19(11-22)21(31-14)25-23-12-16-13-27(17-7-3-2-4-8-17)26-20(16)15-6-5-9-18(10-15)28(29)30/h2-10,12-13,25H,1H3. The highest BCUT2D eigenvalue weighted by Gasteiger charge is 2.15. The van der Waals surface area contributed by atoms with Crippen molar-refractivity contribution in [1.29, 1.82) is 5.26 Å². The van der Waals surface area contributed by atoms with Gasteiger partial charge in [-0.1, -0.05) is 30.3 Å². The van der Waals surface area contributed by atoms with Gasteiger partial charge in [0.15, 0.2) is 5.89 Å². The van der Waals surface area contributed by atoms with Gasteiger partial charge in [0, 0.05) is 36.4 Å². The van der Waals surface area contributed by atoms with Gasteiger partial charge in [0.2, 0.25) is 5.69 Å². The molecule has 0 spiro atoms. The van der Waals surface area contributed by atoms with Crippen molar-refractivity contribution in [3.63, 3.8) is 0 Å². The van der Waals surface area contributed by atoms with Crippen LogP contribution in [0.3, 0.4) is 0 Å². The van der Waals surface area contributed by atoms with E-state index in [1.54, 1.807) is 29.9 Å².